The Balaban J connectivity index is 2.24. The lowest BCUT2D eigenvalue weighted by atomic mass is 10.1. The van der Waals surface area contributed by atoms with E-state index in [0.29, 0.717) is 46.7 Å². The molecule has 0 aromatic heterocycles. The molecule has 0 heterocycles. The third-order valence-electron chi connectivity index (χ3n) is 3.98. The van der Waals surface area contributed by atoms with Crippen LogP contribution in [-0.4, -0.2) is 26.2 Å². The summed E-state index contributed by atoms with van der Waals surface area (Å²) in [5, 5.41) is 3.24. The number of nitrogens with two attached hydrogens (primary N) is 1. The van der Waals surface area contributed by atoms with E-state index < -0.39 is 0 Å². The lowest BCUT2D eigenvalue weighted by Gasteiger charge is -2.18. The molecule has 2 aromatic rings. The van der Waals surface area contributed by atoms with Crippen LogP contribution in [0.1, 0.15) is 42.7 Å². The van der Waals surface area contributed by atoms with Gasteiger partial charge < -0.3 is 25.3 Å². The van der Waals surface area contributed by atoms with Gasteiger partial charge in [-0.25, -0.2) is 0 Å². The van der Waals surface area contributed by atoms with Crippen molar-refractivity contribution < 1.29 is 19.0 Å². The van der Waals surface area contributed by atoms with Crippen LogP contribution in [0.25, 0.3) is 0 Å². The average molecular weight is 393 g/mol. The van der Waals surface area contributed by atoms with E-state index >= 15 is 0 Å². The highest BCUT2D eigenvalue weighted by Gasteiger charge is 2.18. The number of nitrogen functional groups attached to an aromatic ring is 1. The molecule has 0 aliphatic carbocycles. The molecule has 0 aliphatic heterocycles. The molecule has 0 saturated carbocycles. The largest absolute Gasteiger partial charge is 0.496 e. The van der Waals surface area contributed by atoms with Gasteiger partial charge in [0.05, 0.1) is 42.6 Å². The molecule has 146 valence electrons. The van der Waals surface area contributed by atoms with Crippen LogP contribution in [0.3, 0.4) is 0 Å². The van der Waals surface area contributed by atoms with E-state index in [-0.39, 0.29) is 11.9 Å². The van der Waals surface area contributed by atoms with Gasteiger partial charge in [-0.05, 0) is 44.5 Å². The zero-order valence-electron chi connectivity index (χ0n) is 16.0. The van der Waals surface area contributed by atoms with Gasteiger partial charge in [0.1, 0.15) is 5.75 Å². The molecule has 1 atom stereocenters. The van der Waals surface area contributed by atoms with E-state index in [1.54, 1.807) is 0 Å². The molecule has 3 N–H and O–H groups in total. The first-order valence-corrected chi connectivity index (χ1v) is 9.12. The number of benzene rings is 2. The third kappa shape index (κ3) is 4.98. The SMILES string of the molecule is CCOc1ccc(C(C)NC(=O)c2cc(Cl)c(N)cc2OC)cc1OCC. The average Bonchev–Trinajstić information content (AvgIpc) is 2.65. The van der Waals surface area contributed by atoms with Gasteiger partial charge in [-0.3, -0.25) is 4.79 Å². The number of rotatable bonds is 8. The number of anilines is 1. The highest BCUT2D eigenvalue weighted by molar-refractivity contribution is 6.33. The van der Waals surface area contributed by atoms with E-state index in [2.05, 4.69) is 5.32 Å². The van der Waals surface area contributed by atoms with Crippen molar-refractivity contribution in [1.82, 2.24) is 5.32 Å². The van der Waals surface area contributed by atoms with Crippen molar-refractivity contribution in [3.05, 3.63) is 46.5 Å². The maximum absolute atomic E-state index is 12.7. The molecular formula is C20H25ClN2O4. The molecule has 0 radical (unpaired) electrons. The van der Waals surface area contributed by atoms with Crippen molar-refractivity contribution in [2.75, 3.05) is 26.1 Å². The number of halogens is 1. The van der Waals surface area contributed by atoms with Crippen LogP contribution in [0, 0.1) is 0 Å². The van der Waals surface area contributed by atoms with Crippen LogP contribution in [0.15, 0.2) is 30.3 Å². The zero-order chi connectivity index (χ0) is 20.0. The highest BCUT2D eigenvalue weighted by atomic mass is 35.5. The molecule has 1 amide bonds. The Morgan fingerprint density at radius 3 is 2.41 bits per heavy atom. The summed E-state index contributed by atoms with van der Waals surface area (Å²) in [4.78, 5) is 12.7. The summed E-state index contributed by atoms with van der Waals surface area (Å²) in [6, 6.07) is 8.37. The Morgan fingerprint density at radius 2 is 1.78 bits per heavy atom. The van der Waals surface area contributed by atoms with Gasteiger partial charge in [-0.1, -0.05) is 17.7 Å². The van der Waals surface area contributed by atoms with Crippen molar-refractivity contribution in [3.63, 3.8) is 0 Å². The standard InChI is InChI=1S/C20H25ClN2O4/c1-5-26-17-8-7-13(9-19(17)27-6-2)12(3)23-20(24)14-10-15(21)16(22)11-18(14)25-4/h7-12H,5-6,22H2,1-4H3,(H,23,24). The number of carbonyl (C=O) groups excluding carboxylic acids is 1. The van der Waals surface area contributed by atoms with Crippen LogP contribution in [0.4, 0.5) is 5.69 Å². The summed E-state index contributed by atoms with van der Waals surface area (Å²) in [6.07, 6.45) is 0. The molecule has 0 aliphatic rings. The third-order valence-corrected chi connectivity index (χ3v) is 4.31. The Kier molecular flexibility index (Phi) is 7.19. The molecule has 2 aromatic carbocycles. The molecule has 7 heteroatoms. The van der Waals surface area contributed by atoms with Crippen molar-refractivity contribution in [2.45, 2.75) is 26.8 Å². The minimum Gasteiger partial charge on any atom is -0.496 e. The molecule has 1 unspecified atom stereocenters. The number of hydrogen-bond donors (Lipinski definition) is 2. The molecule has 6 nitrogen and oxygen atoms in total. The number of amides is 1. The van der Waals surface area contributed by atoms with Gasteiger partial charge >= 0.3 is 0 Å². The maximum Gasteiger partial charge on any atom is 0.255 e. The second-order valence-corrected chi connectivity index (χ2v) is 6.25. The van der Waals surface area contributed by atoms with Crippen LogP contribution in [0.5, 0.6) is 17.2 Å². The first-order valence-electron chi connectivity index (χ1n) is 8.74. The lowest BCUT2D eigenvalue weighted by molar-refractivity contribution is 0.0937. The quantitative estimate of drug-likeness (QED) is 0.657. The van der Waals surface area contributed by atoms with E-state index in [1.165, 1.54) is 19.2 Å². The van der Waals surface area contributed by atoms with E-state index in [9.17, 15) is 4.79 Å². The molecule has 27 heavy (non-hydrogen) atoms. The molecular weight excluding hydrogens is 368 g/mol. The van der Waals surface area contributed by atoms with Crippen molar-refractivity contribution in [1.29, 1.82) is 0 Å². The molecule has 0 bridgehead atoms. The number of ether oxygens (including phenoxy) is 3. The Hall–Kier alpha value is -2.60. The normalized spacial score (nSPS) is 11.6. The Bertz CT molecular complexity index is 811. The lowest BCUT2D eigenvalue weighted by Crippen LogP contribution is -2.27. The second-order valence-electron chi connectivity index (χ2n) is 5.84. The highest BCUT2D eigenvalue weighted by Crippen LogP contribution is 2.32. The van der Waals surface area contributed by atoms with E-state index in [4.69, 9.17) is 31.5 Å². The predicted molar refractivity (Wildman–Crippen MR) is 107 cm³/mol. The predicted octanol–water partition coefficient (Wildman–Crippen LogP) is 4.22. The zero-order valence-corrected chi connectivity index (χ0v) is 16.7. The van der Waals surface area contributed by atoms with Gasteiger partial charge in [0, 0.05) is 6.07 Å². The minimum atomic E-state index is -0.312. The summed E-state index contributed by atoms with van der Waals surface area (Å²) < 4.78 is 16.5. The molecule has 0 saturated heterocycles. The fraction of sp³-hybridized carbons (Fsp3) is 0.350. The topological polar surface area (TPSA) is 82.8 Å². The summed E-state index contributed by atoms with van der Waals surface area (Å²) in [6.45, 7) is 6.77. The molecule has 0 spiro atoms. The van der Waals surface area contributed by atoms with E-state index in [0.717, 1.165) is 5.56 Å². The summed E-state index contributed by atoms with van der Waals surface area (Å²) >= 11 is 6.05. The van der Waals surface area contributed by atoms with E-state index in [1.807, 2.05) is 39.0 Å². The van der Waals surface area contributed by atoms with Crippen molar-refractivity contribution in [3.8, 4) is 17.2 Å². The fourth-order valence-electron chi connectivity index (χ4n) is 2.61. The van der Waals surface area contributed by atoms with Crippen LogP contribution < -0.4 is 25.3 Å². The minimum absolute atomic E-state index is 0.270. The number of carbonyl (C=O) groups is 1. The van der Waals surface area contributed by atoms with Crippen molar-refractivity contribution in [2.24, 2.45) is 0 Å². The number of methoxy groups -OCH3 is 1. The second kappa shape index (κ2) is 9.37. The fourth-order valence-corrected chi connectivity index (χ4v) is 2.77. The first kappa shape index (κ1) is 20.7. The monoisotopic (exact) mass is 392 g/mol. The summed E-state index contributed by atoms with van der Waals surface area (Å²) in [5.74, 6) is 1.37. The van der Waals surface area contributed by atoms with Gasteiger partial charge in [0.15, 0.2) is 11.5 Å². The van der Waals surface area contributed by atoms with Crippen LogP contribution in [0.2, 0.25) is 5.02 Å². The van der Waals surface area contributed by atoms with Gasteiger partial charge in [-0.15, -0.1) is 0 Å². The smallest absolute Gasteiger partial charge is 0.255 e. The van der Waals surface area contributed by atoms with Crippen LogP contribution in [-0.2, 0) is 0 Å². The van der Waals surface area contributed by atoms with Crippen LogP contribution >= 0.6 is 11.6 Å². The molecule has 0 fully saturated rings. The number of nitrogens with one attached hydrogen (secondary N) is 1. The van der Waals surface area contributed by atoms with Crippen molar-refractivity contribution >= 4 is 23.2 Å². The van der Waals surface area contributed by atoms with Gasteiger partial charge in [0.2, 0.25) is 0 Å². The Morgan fingerprint density at radius 1 is 1.11 bits per heavy atom. The molecule has 2 rings (SSSR count). The first-order chi connectivity index (χ1) is 12.9. The Labute approximate surface area is 164 Å². The summed E-state index contributed by atoms with van der Waals surface area (Å²) in [5.41, 5.74) is 7.33. The van der Waals surface area contributed by atoms with Gasteiger partial charge in [-0.2, -0.15) is 0 Å². The number of hydrogen-bond acceptors (Lipinski definition) is 5. The van der Waals surface area contributed by atoms with Gasteiger partial charge in [0.25, 0.3) is 5.91 Å². The maximum atomic E-state index is 12.7. The summed E-state index contributed by atoms with van der Waals surface area (Å²) in [7, 11) is 1.48.